The number of Topliss-reactive ketones (excluding diaryl/α,β-unsaturated/α-hetero) is 1. The van der Waals surface area contributed by atoms with Crippen molar-refractivity contribution < 1.29 is 19.1 Å². The second kappa shape index (κ2) is 3.78. The fourth-order valence-corrected chi connectivity index (χ4v) is 4.20. The van der Waals surface area contributed by atoms with E-state index < -0.39 is 35.6 Å². The highest BCUT2D eigenvalue weighted by Crippen LogP contribution is 2.59. The summed E-state index contributed by atoms with van der Waals surface area (Å²) in [7, 11) is 0. The number of fused-ring (bicyclic) bond motifs is 5. The van der Waals surface area contributed by atoms with Crippen molar-refractivity contribution in [1.82, 2.24) is 0 Å². The number of cyclic esters (lactones) is 2. The molecule has 1 heterocycles. The fourth-order valence-electron chi connectivity index (χ4n) is 4.20. The van der Waals surface area contributed by atoms with E-state index in [9.17, 15) is 14.4 Å². The predicted octanol–water partition coefficient (Wildman–Crippen LogP) is 1.74. The van der Waals surface area contributed by atoms with E-state index in [4.69, 9.17) is 4.74 Å². The minimum atomic E-state index is -0.551. The molecule has 1 saturated carbocycles. The van der Waals surface area contributed by atoms with E-state index in [1.165, 1.54) is 0 Å². The molecule has 3 rings (SSSR count). The normalized spacial score (nSPS) is 36.8. The van der Waals surface area contributed by atoms with Gasteiger partial charge in [0.15, 0.2) is 0 Å². The molecule has 2 aliphatic carbocycles. The molecule has 0 N–H and O–H groups in total. The molecule has 4 heteroatoms. The van der Waals surface area contributed by atoms with Crippen molar-refractivity contribution in [3.63, 3.8) is 0 Å². The minimum Gasteiger partial charge on any atom is -0.393 e. The van der Waals surface area contributed by atoms with Crippen LogP contribution in [0.2, 0.25) is 0 Å². The van der Waals surface area contributed by atoms with Gasteiger partial charge in [0.05, 0.1) is 23.7 Å². The van der Waals surface area contributed by atoms with Crippen LogP contribution in [0.5, 0.6) is 0 Å². The van der Waals surface area contributed by atoms with Gasteiger partial charge in [-0.1, -0.05) is 38.8 Å². The number of carbonyl (C=O) groups excluding carboxylic acids is 3. The van der Waals surface area contributed by atoms with Gasteiger partial charge in [0.2, 0.25) is 0 Å². The summed E-state index contributed by atoms with van der Waals surface area (Å²) in [6.07, 6.45) is 0. The zero-order valence-corrected chi connectivity index (χ0v) is 11.6. The number of carbonyl (C=O) groups is 3. The first-order valence-corrected chi connectivity index (χ1v) is 6.89. The average Bonchev–Trinajstić information content (AvgIpc) is 2.86. The summed E-state index contributed by atoms with van der Waals surface area (Å²) in [5, 5.41) is 0. The number of hydrogen-bond donors (Lipinski definition) is 0. The van der Waals surface area contributed by atoms with Crippen LogP contribution in [0.4, 0.5) is 0 Å². The maximum atomic E-state index is 12.5. The largest absolute Gasteiger partial charge is 0.393 e. The monoisotopic (exact) mass is 262 g/mol. The van der Waals surface area contributed by atoms with E-state index in [1.807, 2.05) is 27.7 Å². The Bertz CT molecular complexity index is 482. The maximum Gasteiger partial charge on any atom is 0.318 e. The van der Waals surface area contributed by atoms with Crippen molar-refractivity contribution in [3.05, 3.63) is 11.1 Å². The van der Waals surface area contributed by atoms with Crippen molar-refractivity contribution >= 4 is 17.7 Å². The molecule has 2 fully saturated rings. The summed E-state index contributed by atoms with van der Waals surface area (Å²) in [5.41, 5.74) is 2.16. The minimum absolute atomic E-state index is 0.0624. The molecule has 4 nitrogen and oxygen atoms in total. The van der Waals surface area contributed by atoms with Crippen LogP contribution in [0.15, 0.2) is 11.1 Å². The molecule has 2 bridgehead atoms. The molecule has 19 heavy (non-hydrogen) atoms. The smallest absolute Gasteiger partial charge is 0.318 e. The molecule has 0 amide bonds. The van der Waals surface area contributed by atoms with Gasteiger partial charge in [-0.2, -0.15) is 0 Å². The number of ether oxygens (including phenoxy) is 1. The lowest BCUT2D eigenvalue weighted by molar-refractivity contribution is -0.155. The Labute approximate surface area is 112 Å². The Hall–Kier alpha value is -1.45. The first-order valence-electron chi connectivity index (χ1n) is 6.89. The summed E-state index contributed by atoms with van der Waals surface area (Å²) in [4.78, 5) is 36.2. The first-order chi connectivity index (χ1) is 8.86. The van der Waals surface area contributed by atoms with E-state index in [2.05, 4.69) is 0 Å². The van der Waals surface area contributed by atoms with Crippen molar-refractivity contribution in [2.24, 2.45) is 35.5 Å². The molecule has 3 aliphatic rings. The van der Waals surface area contributed by atoms with E-state index in [-0.39, 0.29) is 17.6 Å². The quantitative estimate of drug-likeness (QED) is 0.432. The summed E-state index contributed by atoms with van der Waals surface area (Å²) in [6.45, 7) is 8.18. The fraction of sp³-hybridized carbons (Fsp3) is 0.667. The number of rotatable bonds is 2. The van der Waals surface area contributed by atoms with E-state index in [1.54, 1.807) is 0 Å². The Balaban J connectivity index is 2.18. The van der Waals surface area contributed by atoms with Crippen LogP contribution in [0.3, 0.4) is 0 Å². The summed E-state index contributed by atoms with van der Waals surface area (Å²) < 4.78 is 4.76. The van der Waals surface area contributed by atoms with Crippen LogP contribution < -0.4 is 0 Å². The van der Waals surface area contributed by atoms with Crippen LogP contribution in [0.1, 0.15) is 27.7 Å². The highest BCUT2D eigenvalue weighted by atomic mass is 16.6. The van der Waals surface area contributed by atoms with Gasteiger partial charge >= 0.3 is 11.9 Å². The second-order valence-corrected chi connectivity index (χ2v) is 6.37. The zero-order chi connectivity index (χ0) is 14.1. The second-order valence-electron chi connectivity index (χ2n) is 6.37. The number of ketones is 1. The molecule has 1 saturated heterocycles. The van der Waals surface area contributed by atoms with Gasteiger partial charge in [-0.3, -0.25) is 14.4 Å². The van der Waals surface area contributed by atoms with Crippen LogP contribution in [-0.4, -0.2) is 17.7 Å². The zero-order valence-electron chi connectivity index (χ0n) is 11.6. The topological polar surface area (TPSA) is 60.4 Å². The van der Waals surface area contributed by atoms with Crippen LogP contribution >= 0.6 is 0 Å². The SMILES string of the molecule is CC(C)C1=C(C(C)C)C2C(=O)C1C1C(=O)OC(=O)C21. The number of esters is 2. The molecule has 4 atom stereocenters. The van der Waals surface area contributed by atoms with Gasteiger partial charge in [-0.05, 0) is 11.8 Å². The maximum absolute atomic E-state index is 12.5. The third kappa shape index (κ3) is 1.37. The summed E-state index contributed by atoms with van der Waals surface area (Å²) >= 11 is 0. The van der Waals surface area contributed by atoms with Crippen LogP contribution in [0.25, 0.3) is 0 Å². The molecule has 1 aliphatic heterocycles. The average molecular weight is 262 g/mol. The molecular formula is C15H18O4. The van der Waals surface area contributed by atoms with E-state index in [0.29, 0.717) is 0 Å². The molecule has 0 radical (unpaired) electrons. The first kappa shape index (κ1) is 12.6. The van der Waals surface area contributed by atoms with Gasteiger partial charge in [0, 0.05) is 0 Å². The van der Waals surface area contributed by atoms with Crippen LogP contribution in [0, 0.1) is 35.5 Å². The summed E-state index contributed by atoms with van der Waals surface area (Å²) in [6, 6.07) is 0. The van der Waals surface area contributed by atoms with Gasteiger partial charge in [-0.25, -0.2) is 0 Å². The molecule has 0 spiro atoms. The van der Waals surface area contributed by atoms with Crippen molar-refractivity contribution in [2.75, 3.05) is 0 Å². The molecule has 4 unspecified atom stereocenters. The van der Waals surface area contributed by atoms with Gasteiger partial charge in [-0.15, -0.1) is 0 Å². The Morgan fingerprint density at radius 2 is 1.16 bits per heavy atom. The Morgan fingerprint density at radius 3 is 1.47 bits per heavy atom. The molecular weight excluding hydrogens is 244 g/mol. The molecule has 0 aromatic carbocycles. The Morgan fingerprint density at radius 1 is 0.789 bits per heavy atom. The number of allylic oxidation sites excluding steroid dienone is 2. The summed E-state index contributed by atoms with van der Waals surface area (Å²) in [5.74, 6) is -2.42. The van der Waals surface area contributed by atoms with Gasteiger partial charge in [0.1, 0.15) is 5.78 Å². The predicted molar refractivity (Wildman–Crippen MR) is 66.8 cm³/mol. The van der Waals surface area contributed by atoms with E-state index in [0.717, 1.165) is 11.1 Å². The van der Waals surface area contributed by atoms with Crippen LogP contribution in [-0.2, 0) is 19.1 Å². The van der Waals surface area contributed by atoms with Gasteiger partial charge in [0.25, 0.3) is 0 Å². The highest BCUT2D eigenvalue weighted by Gasteiger charge is 2.67. The Kier molecular flexibility index (Phi) is 2.50. The van der Waals surface area contributed by atoms with Crippen molar-refractivity contribution in [1.29, 1.82) is 0 Å². The third-order valence-corrected chi connectivity index (χ3v) is 4.71. The van der Waals surface area contributed by atoms with Crippen molar-refractivity contribution in [2.45, 2.75) is 27.7 Å². The lowest BCUT2D eigenvalue weighted by Crippen LogP contribution is -2.29. The third-order valence-electron chi connectivity index (χ3n) is 4.71. The molecule has 102 valence electrons. The number of hydrogen-bond acceptors (Lipinski definition) is 4. The lowest BCUT2D eigenvalue weighted by atomic mass is 9.71. The lowest BCUT2D eigenvalue weighted by Gasteiger charge is -2.28. The van der Waals surface area contributed by atoms with Crippen molar-refractivity contribution in [3.8, 4) is 0 Å². The highest BCUT2D eigenvalue weighted by molar-refractivity contribution is 6.10. The van der Waals surface area contributed by atoms with Gasteiger partial charge < -0.3 is 4.74 Å². The molecule has 0 aromatic rings. The standard InChI is InChI=1S/C15H18O4/c1-5(2)7-8(6(3)4)10-12-11(9(7)13(10)16)14(17)19-15(12)18/h5-6,9-12H,1-4H3. The molecule has 0 aromatic heterocycles. The van der Waals surface area contributed by atoms with E-state index >= 15 is 0 Å².